The van der Waals surface area contributed by atoms with Gasteiger partial charge in [0.05, 0.1) is 18.6 Å². The lowest BCUT2D eigenvalue weighted by Gasteiger charge is -2.25. The number of carbonyl (C=O) groups is 2. The summed E-state index contributed by atoms with van der Waals surface area (Å²) < 4.78 is 13.3. The van der Waals surface area contributed by atoms with Gasteiger partial charge in [-0.2, -0.15) is 5.10 Å². The zero-order chi connectivity index (χ0) is 16.4. The molecule has 5 nitrogen and oxygen atoms in total. The molecule has 6 heteroatoms. The molecule has 1 unspecified atom stereocenters. The van der Waals surface area contributed by atoms with Gasteiger partial charge in [-0.1, -0.05) is 12.1 Å². The van der Waals surface area contributed by atoms with Crippen LogP contribution in [-0.4, -0.2) is 47.1 Å². The van der Waals surface area contributed by atoms with Gasteiger partial charge in [0.25, 0.3) is 0 Å². The minimum absolute atomic E-state index is 0.00533. The maximum absolute atomic E-state index is 13.3. The monoisotopic (exact) mass is 317 g/mol. The lowest BCUT2D eigenvalue weighted by atomic mass is 10.0. The summed E-state index contributed by atoms with van der Waals surface area (Å²) in [5.41, 5.74) is 1.53. The second kappa shape index (κ2) is 6.48. The standard InChI is InChI=1S/C17H20FN3O2/c1-20-16(22)10-14(19-20)11-17(23)21-7-3-6-15(21)9-12-4-2-5-13(18)8-12/h2,4-5,8,15H,3,6-7,9-11H2,1H3. The van der Waals surface area contributed by atoms with Crippen molar-refractivity contribution in [2.75, 3.05) is 13.6 Å². The highest BCUT2D eigenvalue weighted by atomic mass is 19.1. The minimum Gasteiger partial charge on any atom is -0.339 e. The van der Waals surface area contributed by atoms with Crippen molar-refractivity contribution in [1.82, 2.24) is 9.91 Å². The highest BCUT2D eigenvalue weighted by Gasteiger charge is 2.31. The molecule has 0 radical (unpaired) electrons. The van der Waals surface area contributed by atoms with Crippen LogP contribution in [0.1, 0.15) is 31.2 Å². The molecule has 1 aromatic rings. The average Bonchev–Trinajstić information content (AvgIpc) is 3.06. The van der Waals surface area contributed by atoms with Crippen LogP contribution in [0.15, 0.2) is 29.4 Å². The third-order valence-electron chi connectivity index (χ3n) is 4.42. The summed E-state index contributed by atoms with van der Waals surface area (Å²) in [4.78, 5) is 25.9. The van der Waals surface area contributed by atoms with E-state index >= 15 is 0 Å². The average molecular weight is 317 g/mol. The number of carbonyl (C=O) groups excluding carboxylic acids is 2. The van der Waals surface area contributed by atoms with E-state index in [0.717, 1.165) is 24.9 Å². The van der Waals surface area contributed by atoms with Crippen LogP contribution in [0.5, 0.6) is 0 Å². The smallest absolute Gasteiger partial charge is 0.248 e. The highest BCUT2D eigenvalue weighted by molar-refractivity contribution is 6.11. The van der Waals surface area contributed by atoms with Gasteiger partial charge in [0.2, 0.25) is 11.8 Å². The SMILES string of the molecule is CN1N=C(CC(=O)N2CCCC2Cc2cccc(F)c2)CC1=O. The number of rotatable bonds is 4. The van der Waals surface area contributed by atoms with E-state index in [1.807, 2.05) is 11.0 Å². The van der Waals surface area contributed by atoms with Crippen LogP contribution in [0.4, 0.5) is 4.39 Å². The molecule has 2 aliphatic heterocycles. The summed E-state index contributed by atoms with van der Waals surface area (Å²) in [5, 5.41) is 5.39. The van der Waals surface area contributed by atoms with Gasteiger partial charge < -0.3 is 4.90 Å². The summed E-state index contributed by atoms with van der Waals surface area (Å²) in [6, 6.07) is 6.63. The quantitative estimate of drug-likeness (QED) is 0.852. The van der Waals surface area contributed by atoms with Crippen LogP contribution < -0.4 is 0 Å². The molecule has 23 heavy (non-hydrogen) atoms. The van der Waals surface area contributed by atoms with Gasteiger partial charge >= 0.3 is 0 Å². The molecular weight excluding hydrogens is 297 g/mol. The number of benzene rings is 1. The third kappa shape index (κ3) is 3.57. The molecule has 1 fully saturated rings. The van der Waals surface area contributed by atoms with Crippen LogP contribution >= 0.6 is 0 Å². The number of amides is 2. The molecule has 0 bridgehead atoms. The second-order valence-electron chi connectivity index (χ2n) is 6.15. The molecule has 0 N–H and O–H groups in total. The Morgan fingerprint density at radius 2 is 2.26 bits per heavy atom. The summed E-state index contributed by atoms with van der Waals surface area (Å²) in [6.07, 6.45) is 2.96. The molecule has 0 saturated carbocycles. The Labute approximate surface area is 134 Å². The second-order valence-corrected chi connectivity index (χ2v) is 6.15. The number of hydrogen-bond donors (Lipinski definition) is 0. The largest absolute Gasteiger partial charge is 0.339 e. The molecule has 0 aliphatic carbocycles. The molecule has 1 aromatic carbocycles. The first-order chi connectivity index (χ1) is 11.0. The molecule has 0 aromatic heterocycles. The lowest BCUT2D eigenvalue weighted by Crippen LogP contribution is -2.37. The zero-order valence-corrected chi connectivity index (χ0v) is 13.2. The normalized spacial score (nSPS) is 21.0. The fourth-order valence-electron chi connectivity index (χ4n) is 3.28. The molecule has 2 amide bonds. The van der Waals surface area contributed by atoms with Crippen molar-refractivity contribution in [3.8, 4) is 0 Å². The van der Waals surface area contributed by atoms with E-state index in [1.165, 1.54) is 17.1 Å². The van der Waals surface area contributed by atoms with E-state index < -0.39 is 0 Å². The third-order valence-corrected chi connectivity index (χ3v) is 4.42. The van der Waals surface area contributed by atoms with Crippen molar-refractivity contribution < 1.29 is 14.0 Å². The van der Waals surface area contributed by atoms with Crippen LogP contribution in [0.25, 0.3) is 0 Å². The Bertz CT molecular complexity index is 659. The van der Waals surface area contributed by atoms with Crippen LogP contribution in [0.3, 0.4) is 0 Å². The predicted octanol–water partition coefficient (Wildman–Crippen LogP) is 1.97. The Morgan fingerprint density at radius 1 is 1.43 bits per heavy atom. The molecule has 122 valence electrons. The van der Waals surface area contributed by atoms with E-state index in [0.29, 0.717) is 12.1 Å². The van der Waals surface area contributed by atoms with Crippen LogP contribution in [0.2, 0.25) is 0 Å². The van der Waals surface area contributed by atoms with E-state index in [4.69, 9.17) is 0 Å². The number of nitrogens with zero attached hydrogens (tertiary/aromatic N) is 3. The van der Waals surface area contributed by atoms with Crippen molar-refractivity contribution >= 4 is 17.5 Å². The fourth-order valence-corrected chi connectivity index (χ4v) is 3.28. The lowest BCUT2D eigenvalue weighted by molar-refractivity contribution is -0.130. The molecule has 2 aliphatic rings. The van der Waals surface area contributed by atoms with Crippen molar-refractivity contribution in [2.24, 2.45) is 5.10 Å². The Hall–Kier alpha value is -2.24. The van der Waals surface area contributed by atoms with E-state index in [9.17, 15) is 14.0 Å². The maximum atomic E-state index is 13.3. The van der Waals surface area contributed by atoms with Gasteiger partial charge in [-0.15, -0.1) is 0 Å². The van der Waals surface area contributed by atoms with Gasteiger partial charge in [-0.25, -0.2) is 9.40 Å². The number of hydrazone groups is 1. The highest BCUT2D eigenvalue weighted by Crippen LogP contribution is 2.23. The first-order valence-electron chi connectivity index (χ1n) is 7.90. The maximum Gasteiger partial charge on any atom is 0.248 e. The van der Waals surface area contributed by atoms with Crippen molar-refractivity contribution in [1.29, 1.82) is 0 Å². The zero-order valence-electron chi connectivity index (χ0n) is 13.2. The number of hydrogen-bond acceptors (Lipinski definition) is 3. The van der Waals surface area contributed by atoms with Crippen molar-refractivity contribution in [3.63, 3.8) is 0 Å². The van der Waals surface area contributed by atoms with Crippen molar-refractivity contribution in [3.05, 3.63) is 35.6 Å². The van der Waals surface area contributed by atoms with E-state index in [1.54, 1.807) is 13.1 Å². The van der Waals surface area contributed by atoms with Gasteiger partial charge in [-0.3, -0.25) is 9.59 Å². The van der Waals surface area contributed by atoms with Gasteiger partial charge in [0, 0.05) is 19.6 Å². The molecule has 0 spiro atoms. The summed E-state index contributed by atoms with van der Waals surface area (Å²) in [7, 11) is 1.60. The van der Waals surface area contributed by atoms with Crippen molar-refractivity contribution in [2.45, 2.75) is 38.1 Å². The summed E-state index contributed by atoms with van der Waals surface area (Å²) in [5.74, 6) is -0.323. The summed E-state index contributed by atoms with van der Waals surface area (Å²) >= 11 is 0. The first-order valence-corrected chi connectivity index (χ1v) is 7.90. The van der Waals surface area contributed by atoms with E-state index in [2.05, 4.69) is 5.10 Å². The molecule has 1 saturated heterocycles. The number of likely N-dealkylation sites (tertiary alicyclic amines) is 1. The van der Waals surface area contributed by atoms with E-state index in [-0.39, 0.29) is 36.5 Å². The molecule has 1 atom stereocenters. The minimum atomic E-state index is -0.250. The van der Waals surface area contributed by atoms with Gasteiger partial charge in [0.15, 0.2) is 0 Å². The van der Waals surface area contributed by atoms with Crippen LogP contribution in [-0.2, 0) is 16.0 Å². The van der Waals surface area contributed by atoms with Crippen LogP contribution in [0, 0.1) is 5.82 Å². The Balaban J connectivity index is 1.63. The Kier molecular flexibility index (Phi) is 4.41. The molecule has 2 heterocycles. The predicted molar refractivity (Wildman–Crippen MR) is 84.3 cm³/mol. The first kappa shape index (κ1) is 15.6. The van der Waals surface area contributed by atoms with Gasteiger partial charge in [-0.05, 0) is 37.0 Å². The Morgan fingerprint density at radius 3 is 2.96 bits per heavy atom. The van der Waals surface area contributed by atoms with Gasteiger partial charge in [0.1, 0.15) is 5.82 Å². The number of halogens is 1. The fraction of sp³-hybridized carbons (Fsp3) is 0.471. The molecular formula is C17H20FN3O2. The summed E-state index contributed by atoms with van der Waals surface area (Å²) in [6.45, 7) is 0.718. The topological polar surface area (TPSA) is 53.0 Å². The molecule has 3 rings (SSSR count).